The van der Waals surface area contributed by atoms with E-state index in [1.807, 2.05) is 0 Å². The molecule has 1 atom stereocenters. The van der Waals surface area contributed by atoms with Crippen molar-refractivity contribution in [1.82, 2.24) is 4.98 Å². The predicted molar refractivity (Wildman–Crippen MR) is 119 cm³/mol. The van der Waals surface area contributed by atoms with E-state index in [2.05, 4.69) is 16.4 Å². The number of sulfone groups is 1. The summed E-state index contributed by atoms with van der Waals surface area (Å²) in [6.07, 6.45) is -1.42. The molecule has 1 heterocycles. The van der Waals surface area contributed by atoms with Crippen molar-refractivity contribution < 1.29 is 31.5 Å². The quantitative estimate of drug-likeness (QED) is 0.573. The minimum Gasteiger partial charge on any atom is -0.376 e. The van der Waals surface area contributed by atoms with Crippen molar-refractivity contribution in [3.05, 3.63) is 53.7 Å². The molecule has 0 bridgehead atoms. The van der Waals surface area contributed by atoms with Gasteiger partial charge < -0.3 is 10.4 Å². The summed E-state index contributed by atoms with van der Waals surface area (Å²) in [4.78, 5) is 16.5. The molecule has 34 heavy (non-hydrogen) atoms. The Balaban J connectivity index is 1.44. The number of nitrogens with one attached hydrogen (secondary N) is 1. The molecule has 6 nitrogen and oxygen atoms in total. The summed E-state index contributed by atoms with van der Waals surface area (Å²) in [6, 6.07) is 10.5. The molecule has 0 spiro atoms. The molecule has 183 valence electrons. The van der Waals surface area contributed by atoms with E-state index >= 15 is 0 Å². The van der Waals surface area contributed by atoms with Crippen molar-refractivity contribution in [3.63, 3.8) is 0 Å². The van der Waals surface area contributed by atoms with Crippen LogP contribution < -0.4 is 5.32 Å². The van der Waals surface area contributed by atoms with Gasteiger partial charge in [0.15, 0.2) is 20.5 Å². The maximum Gasteiger partial charge on any atom is 0.421 e. The molecule has 1 radical (unpaired) electrons. The van der Waals surface area contributed by atoms with Crippen molar-refractivity contribution in [1.29, 1.82) is 0 Å². The molecule has 2 fully saturated rings. The Morgan fingerprint density at radius 3 is 2.32 bits per heavy atom. The minimum atomic E-state index is -4.82. The third-order valence-corrected chi connectivity index (χ3v) is 8.28. The Labute approximate surface area is 196 Å². The number of aliphatic hydroxyl groups is 1. The van der Waals surface area contributed by atoms with E-state index in [0.29, 0.717) is 25.7 Å². The molecule has 2 N–H and O–H groups in total. The van der Waals surface area contributed by atoms with Gasteiger partial charge in [-0.25, -0.2) is 13.4 Å². The number of rotatable bonds is 8. The maximum atomic E-state index is 13.8. The average Bonchev–Trinajstić information content (AvgIpc) is 3.39. The highest BCUT2D eigenvalue weighted by atomic mass is 32.2. The van der Waals surface area contributed by atoms with Gasteiger partial charge in [-0.15, -0.1) is 0 Å². The van der Waals surface area contributed by atoms with Gasteiger partial charge in [0.25, 0.3) is 0 Å². The average molecular weight is 496 g/mol. The number of nitrogens with zero attached hydrogens (tertiary/aromatic N) is 1. The number of hydrogen-bond donors (Lipinski definition) is 2. The Morgan fingerprint density at radius 2 is 1.74 bits per heavy atom. The van der Waals surface area contributed by atoms with Crippen LogP contribution in [-0.4, -0.2) is 36.3 Å². The second-order valence-electron chi connectivity index (χ2n) is 9.15. The number of anilines is 1. The van der Waals surface area contributed by atoms with Crippen molar-refractivity contribution in [3.8, 4) is 0 Å². The van der Waals surface area contributed by atoms with Crippen LogP contribution in [0.5, 0.6) is 0 Å². The minimum absolute atomic E-state index is 0.0349. The van der Waals surface area contributed by atoms with E-state index < -0.39 is 33.4 Å². The summed E-state index contributed by atoms with van der Waals surface area (Å²) in [5.74, 6) is -1.23. The summed E-state index contributed by atoms with van der Waals surface area (Å²) in [5, 5.41) is 13.1. The molecule has 1 unspecified atom stereocenters. The number of amides is 1. The van der Waals surface area contributed by atoms with Gasteiger partial charge in [0.1, 0.15) is 0 Å². The summed E-state index contributed by atoms with van der Waals surface area (Å²) >= 11 is 0. The number of pyridine rings is 1. The molecule has 1 amide bonds. The molecule has 10 heteroatoms. The second-order valence-corrected chi connectivity index (χ2v) is 11.1. The third kappa shape index (κ3) is 5.27. The van der Waals surface area contributed by atoms with Gasteiger partial charge in [-0.3, -0.25) is 4.79 Å². The lowest BCUT2D eigenvalue weighted by Gasteiger charge is -2.36. The first kappa shape index (κ1) is 24.7. The first-order valence-corrected chi connectivity index (χ1v) is 12.9. The number of alkyl halides is 3. The highest BCUT2D eigenvalue weighted by Gasteiger charge is 2.59. The second kappa shape index (κ2) is 9.30. The van der Waals surface area contributed by atoms with Gasteiger partial charge in [-0.2, -0.15) is 13.2 Å². The van der Waals surface area contributed by atoms with Crippen LogP contribution in [0.4, 0.5) is 18.9 Å². The largest absolute Gasteiger partial charge is 0.421 e. The standard InChI is InChI=1S/C24H26F3N2O4S/c25-24(26,27)23(31,17-4-1-2-5-17)18-10-12-19(13-11-18)28-21(30)14-20-6-3-7-22(29-20)34(32,33)15-16-8-9-16/h3,7,10-13,16-17,31H,1-2,4-5,8-9,14-15H2,(H,28,30). The van der Waals surface area contributed by atoms with Crippen LogP contribution in [0.1, 0.15) is 49.8 Å². The molecule has 1 aromatic carbocycles. The van der Waals surface area contributed by atoms with E-state index in [1.165, 1.54) is 36.4 Å². The monoisotopic (exact) mass is 495 g/mol. The SMILES string of the molecule is O=C(Cc1[c]ccc(S(=O)(=O)CC2CC2)n1)Nc1ccc(C(O)(C2CCCC2)C(F)(F)F)cc1. The molecular formula is C24H26F3N2O4S. The molecule has 0 aliphatic heterocycles. The normalized spacial score (nSPS) is 19.1. The first-order valence-electron chi connectivity index (χ1n) is 11.3. The Bertz CT molecular complexity index is 1140. The van der Waals surface area contributed by atoms with Crippen LogP contribution in [0.3, 0.4) is 0 Å². The van der Waals surface area contributed by atoms with Crippen molar-refractivity contribution in [2.75, 3.05) is 11.1 Å². The lowest BCUT2D eigenvalue weighted by atomic mass is 9.79. The number of carbonyl (C=O) groups excluding carboxylic acids is 1. The first-order chi connectivity index (χ1) is 16.0. The van der Waals surface area contributed by atoms with Gasteiger partial charge in [-0.1, -0.05) is 25.0 Å². The summed E-state index contributed by atoms with van der Waals surface area (Å²) in [5.41, 5.74) is -2.79. The van der Waals surface area contributed by atoms with E-state index in [0.717, 1.165) is 12.8 Å². The number of halogens is 3. The summed E-state index contributed by atoms with van der Waals surface area (Å²) in [6.45, 7) is 0. The third-order valence-electron chi connectivity index (χ3n) is 6.51. The van der Waals surface area contributed by atoms with Gasteiger partial charge in [0.05, 0.1) is 17.9 Å². The highest BCUT2D eigenvalue weighted by Crippen LogP contribution is 2.50. The number of hydrogen-bond acceptors (Lipinski definition) is 5. The molecule has 1 aromatic heterocycles. The zero-order valence-electron chi connectivity index (χ0n) is 18.4. The lowest BCUT2D eigenvalue weighted by Crippen LogP contribution is -2.47. The maximum absolute atomic E-state index is 13.8. The van der Waals surface area contributed by atoms with Gasteiger partial charge in [0, 0.05) is 17.7 Å². The van der Waals surface area contributed by atoms with Crippen molar-refractivity contribution >= 4 is 21.4 Å². The molecule has 2 aliphatic carbocycles. The van der Waals surface area contributed by atoms with Crippen LogP contribution >= 0.6 is 0 Å². The van der Waals surface area contributed by atoms with E-state index in [-0.39, 0.29) is 40.1 Å². The molecular weight excluding hydrogens is 469 g/mol. The van der Waals surface area contributed by atoms with E-state index in [4.69, 9.17) is 0 Å². The van der Waals surface area contributed by atoms with Crippen LogP contribution in [-0.2, 0) is 26.7 Å². The molecule has 2 saturated carbocycles. The van der Waals surface area contributed by atoms with Crippen molar-refractivity contribution in [2.24, 2.45) is 11.8 Å². The van der Waals surface area contributed by atoms with Gasteiger partial charge in [-0.05, 0) is 61.4 Å². The predicted octanol–water partition coefficient (Wildman–Crippen LogP) is 4.19. The summed E-state index contributed by atoms with van der Waals surface area (Å²) in [7, 11) is -3.53. The topological polar surface area (TPSA) is 96.4 Å². The lowest BCUT2D eigenvalue weighted by molar-refractivity contribution is -0.286. The molecule has 4 rings (SSSR count). The van der Waals surface area contributed by atoms with Crippen LogP contribution in [0.15, 0.2) is 41.4 Å². The van der Waals surface area contributed by atoms with Crippen LogP contribution in [0.2, 0.25) is 0 Å². The Kier molecular flexibility index (Phi) is 6.74. The van der Waals surface area contributed by atoms with E-state index in [9.17, 15) is 31.5 Å². The fraction of sp³-hybridized carbons (Fsp3) is 0.500. The fourth-order valence-corrected chi connectivity index (χ4v) is 6.14. The zero-order valence-corrected chi connectivity index (χ0v) is 19.3. The Hall–Kier alpha value is -2.46. The molecule has 0 saturated heterocycles. The van der Waals surface area contributed by atoms with Gasteiger partial charge in [0.2, 0.25) is 5.91 Å². The molecule has 2 aromatic rings. The summed E-state index contributed by atoms with van der Waals surface area (Å²) < 4.78 is 66.3. The number of benzene rings is 1. The van der Waals surface area contributed by atoms with Gasteiger partial charge >= 0.3 is 6.18 Å². The van der Waals surface area contributed by atoms with Crippen molar-refractivity contribution in [2.45, 2.75) is 61.7 Å². The van der Waals surface area contributed by atoms with E-state index in [1.54, 1.807) is 0 Å². The highest BCUT2D eigenvalue weighted by molar-refractivity contribution is 7.91. The molecule has 2 aliphatic rings. The van der Waals surface area contributed by atoms with Crippen LogP contribution in [0, 0.1) is 17.9 Å². The smallest absolute Gasteiger partial charge is 0.376 e. The Morgan fingerprint density at radius 1 is 1.09 bits per heavy atom. The fourth-order valence-electron chi connectivity index (χ4n) is 4.50. The number of carbonyl (C=O) groups is 1. The number of aromatic nitrogens is 1. The zero-order chi connectivity index (χ0) is 24.6. The van der Waals surface area contributed by atoms with Crippen LogP contribution in [0.25, 0.3) is 0 Å².